The number of hydrogen-bond donors (Lipinski definition) is 1. The second kappa shape index (κ2) is 4.90. The van der Waals surface area contributed by atoms with Crippen LogP contribution in [0.1, 0.15) is 23.7 Å². The molecule has 5 heteroatoms. The number of nitrogens with zero attached hydrogens (tertiary/aromatic N) is 3. The average molecular weight is 286 g/mol. The zero-order chi connectivity index (χ0) is 14.3. The van der Waals surface area contributed by atoms with Gasteiger partial charge in [-0.2, -0.15) is 5.10 Å². The highest BCUT2D eigenvalue weighted by Crippen LogP contribution is 2.20. The van der Waals surface area contributed by atoms with Crippen molar-refractivity contribution in [3.63, 3.8) is 0 Å². The summed E-state index contributed by atoms with van der Waals surface area (Å²) in [5, 5.41) is 4.55. The number of aromatic amines is 1. The molecule has 0 atom stereocenters. The van der Waals surface area contributed by atoms with Crippen molar-refractivity contribution in [3.05, 3.63) is 45.9 Å². The number of imidazole rings is 1. The molecular formula is C15H18N4S. The minimum absolute atomic E-state index is 0.756. The monoisotopic (exact) mass is 286 g/mol. The first kappa shape index (κ1) is 13.1. The van der Waals surface area contributed by atoms with Crippen molar-refractivity contribution < 1.29 is 0 Å². The van der Waals surface area contributed by atoms with Crippen molar-refractivity contribution in [3.8, 4) is 0 Å². The van der Waals surface area contributed by atoms with Gasteiger partial charge in [-0.1, -0.05) is 31.2 Å². The molecule has 2 heterocycles. The maximum Gasteiger partial charge on any atom is 0.179 e. The van der Waals surface area contributed by atoms with Gasteiger partial charge in [0.1, 0.15) is 5.52 Å². The number of aromatic nitrogens is 4. The van der Waals surface area contributed by atoms with Crippen LogP contribution in [0.5, 0.6) is 0 Å². The normalized spacial score (nSPS) is 11.3. The first-order valence-corrected chi connectivity index (χ1v) is 7.21. The molecule has 0 unspecified atom stereocenters. The van der Waals surface area contributed by atoms with Crippen molar-refractivity contribution in [1.29, 1.82) is 0 Å². The summed E-state index contributed by atoms with van der Waals surface area (Å²) in [5.41, 5.74) is 5.76. The lowest BCUT2D eigenvalue weighted by Gasteiger charge is -2.08. The summed E-state index contributed by atoms with van der Waals surface area (Å²) in [6, 6.07) is 8.40. The maximum atomic E-state index is 5.48. The van der Waals surface area contributed by atoms with E-state index in [-0.39, 0.29) is 0 Å². The van der Waals surface area contributed by atoms with Crippen molar-refractivity contribution in [2.24, 2.45) is 7.05 Å². The first-order chi connectivity index (χ1) is 9.61. The van der Waals surface area contributed by atoms with Crippen LogP contribution < -0.4 is 0 Å². The zero-order valence-electron chi connectivity index (χ0n) is 12.0. The number of aryl methyl sites for hydroxylation is 3. The van der Waals surface area contributed by atoms with Crippen LogP contribution in [-0.4, -0.2) is 19.3 Å². The van der Waals surface area contributed by atoms with Crippen LogP contribution in [0.4, 0.5) is 0 Å². The van der Waals surface area contributed by atoms with Crippen LogP contribution in [0.3, 0.4) is 0 Å². The average Bonchev–Trinajstić information content (AvgIpc) is 2.91. The van der Waals surface area contributed by atoms with E-state index in [4.69, 9.17) is 12.2 Å². The molecule has 3 rings (SSSR count). The lowest BCUT2D eigenvalue weighted by molar-refractivity contribution is 0.708. The summed E-state index contributed by atoms with van der Waals surface area (Å²) in [5.74, 6) is 0. The summed E-state index contributed by atoms with van der Waals surface area (Å²) in [6.45, 7) is 5.01. The lowest BCUT2D eigenvalue weighted by Crippen LogP contribution is -2.05. The molecule has 0 aliphatic rings. The Morgan fingerprint density at radius 1 is 1.30 bits per heavy atom. The largest absolute Gasteiger partial charge is 0.328 e. The van der Waals surface area contributed by atoms with Gasteiger partial charge in [0, 0.05) is 7.05 Å². The zero-order valence-corrected chi connectivity index (χ0v) is 12.8. The van der Waals surface area contributed by atoms with Crippen molar-refractivity contribution in [1.82, 2.24) is 19.3 Å². The van der Waals surface area contributed by atoms with E-state index in [1.807, 2.05) is 11.7 Å². The highest BCUT2D eigenvalue weighted by atomic mass is 32.1. The second-order valence-corrected chi connectivity index (χ2v) is 5.45. The molecule has 0 aliphatic carbocycles. The van der Waals surface area contributed by atoms with Crippen LogP contribution >= 0.6 is 12.2 Å². The molecule has 1 aromatic carbocycles. The maximum absolute atomic E-state index is 5.48. The first-order valence-electron chi connectivity index (χ1n) is 6.80. The van der Waals surface area contributed by atoms with Gasteiger partial charge in [0.2, 0.25) is 0 Å². The molecule has 2 aromatic heterocycles. The Kier molecular flexibility index (Phi) is 3.22. The molecule has 0 bridgehead atoms. The van der Waals surface area contributed by atoms with Crippen LogP contribution in [0, 0.1) is 11.7 Å². The van der Waals surface area contributed by atoms with E-state index in [0.29, 0.717) is 0 Å². The van der Waals surface area contributed by atoms with Crippen LogP contribution in [0.15, 0.2) is 24.3 Å². The number of fused-ring (bicyclic) bond motifs is 1. The Hall–Kier alpha value is -1.88. The summed E-state index contributed by atoms with van der Waals surface area (Å²) < 4.78 is 4.80. The molecule has 0 saturated carbocycles. The number of benzene rings is 1. The van der Waals surface area contributed by atoms with Gasteiger partial charge < -0.3 is 4.98 Å². The van der Waals surface area contributed by atoms with Crippen molar-refractivity contribution >= 4 is 23.4 Å². The summed E-state index contributed by atoms with van der Waals surface area (Å²) in [4.78, 5) is 3.30. The van der Waals surface area contributed by atoms with Gasteiger partial charge in [0.25, 0.3) is 0 Å². The molecule has 1 N–H and O–H groups in total. The summed E-state index contributed by atoms with van der Waals surface area (Å²) in [7, 11) is 1.97. The van der Waals surface area contributed by atoms with Gasteiger partial charge in [0.15, 0.2) is 10.4 Å². The fourth-order valence-electron chi connectivity index (χ4n) is 2.63. The van der Waals surface area contributed by atoms with E-state index in [1.54, 1.807) is 0 Å². The molecule has 20 heavy (non-hydrogen) atoms. The van der Waals surface area contributed by atoms with E-state index >= 15 is 0 Å². The Morgan fingerprint density at radius 3 is 2.75 bits per heavy atom. The molecule has 104 valence electrons. The molecular weight excluding hydrogens is 268 g/mol. The fraction of sp³-hybridized carbons (Fsp3) is 0.333. The minimum atomic E-state index is 0.756. The minimum Gasteiger partial charge on any atom is -0.328 e. The van der Waals surface area contributed by atoms with E-state index < -0.39 is 0 Å². The number of hydrogen-bond acceptors (Lipinski definition) is 2. The van der Waals surface area contributed by atoms with Crippen LogP contribution in [0.2, 0.25) is 0 Å². The Bertz CT molecular complexity index is 822. The SMILES string of the molecule is CCc1nn(C)c2c1[nH]c(=S)n2Cc1ccccc1C. The molecule has 0 spiro atoms. The van der Waals surface area contributed by atoms with Crippen molar-refractivity contribution in [2.45, 2.75) is 26.8 Å². The van der Waals surface area contributed by atoms with Gasteiger partial charge in [-0.25, -0.2) is 0 Å². The fourth-order valence-corrected chi connectivity index (χ4v) is 2.88. The molecule has 0 amide bonds. The smallest absolute Gasteiger partial charge is 0.179 e. The number of rotatable bonds is 3. The molecule has 0 aliphatic heterocycles. The predicted octanol–water partition coefficient (Wildman–Crippen LogP) is 3.35. The van der Waals surface area contributed by atoms with Gasteiger partial charge in [-0.3, -0.25) is 9.25 Å². The van der Waals surface area contributed by atoms with E-state index in [9.17, 15) is 0 Å². The Labute approximate surface area is 123 Å². The molecule has 0 radical (unpaired) electrons. The quantitative estimate of drug-likeness (QED) is 0.750. The third-order valence-electron chi connectivity index (χ3n) is 3.75. The standard InChI is InChI=1S/C15H18N4S/c1-4-12-13-14(18(3)17-12)19(15(20)16-13)9-11-8-6-5-7-10(11)2/h5-8H,4,9H2,1-3H3,(H,16,20). The Balaban J connectivity index is 2.17. The van der Waals surface area contributed by atoms with E-state index in [1.165, 1.54) is 11.1 Å². The Morgan fingerprint density at radius 2 is 2.05 bits per heavy atom. The van der Waals surface area contributed by atoms with Gasteiger partial charge in [0.05, 0.1) is 12.2 Å². The van der Waals surface area contributed by atoms with E-state index in [0.717, 1.165) is 34.6 Å². The molecule has 0 saturated heterocycles. The van der Waals surface area contributed by atoms with Gasteiger partial charge in [-0.05, 0) is 36.7 Å². The lowest BCUT2D eigenvalue weighted by atomic mass is 10.1. The third kappa shape index (κ3) is 1.98. The summed E-state index contributed by atoms with van der Waals surface area (Å²) in [6.07, 6.45) is 0.900. The number of nitrogens with one attached hydrogen (secondary N) is 1. The van der Waals surface area contributed by atoms with E-state index in [2.05, 4.69) is 52.8 Å². The predicted molar refractivity (Wildman–Crippen MR) is 83.5 cm³/mol. The highest BCUT2D eigenvalue weighted by molar-refractivity contribution is 7.71. The highest BCUT2D eigenvalue weighted by Gasteiger charge is 2.14. The molecule has 3 aromatic rings. The van der Waals surface area contributed by atoms with Crippen LogP contribution in [-0.2, 0) is 20.0 Å². The van der Waals surface area contributed by atoms with Gasteiger partial charge in [-0.15, -0.1) is 0 Å². The molecule has 4 nitrogen and oxygen atoms in total. The van der Waals surface area contributed by atoms with Crippen molar-refractivity contribution in [2.75, 3.05) is 0 Å². The van der Waals surface area contributed by atoms with Crippen LogP contribution in [0.25, 0.3) is 11.2 Å². The number of H-pyrrole nitrogens is 1. The third-order valence-corrected chi connectivity index (χ3v) is 4.07. The topological polar surface area (TPSA) is 38.5 Å². The molecule has 0 fully saturated rings. The second-order valence-electron chi connectivity index (χ2n) is 5.07. The summed E-state index contributed by atoms with van der Waals surface area (Å²) >= 11 is 5.48. The van der Waals surface area contributed by atoms with Gasteiger partial charge >= 0.3 is 0 Å².